The van der Waals surface area contributed by atoms with Crippen molar-refractivity contribution in [2.75, 3.05) is 32.8 Å². The van der Waals surface area contributed by atoms with Gasteiger partial charge < -0.3 is 9.64 Å². The lowest BCUT2D eigenvalue weighted by Crippen LogP contribution is -2.27. The van der Waals surface area contributed by atoms with E-state index in [1.54, 1.807) is 10.8 Å². The van der Waals surface area contributed by atoms with Gasteiger partial charge in [0.15, 0.2) is 0 Å². The highest BCUT2D eigenvalue weighted by atomic mass is 28.3. The highest BCUT2D eigenvalue weighted by Crippen LogP contribution is 2.36. The third-order valence-corrected chi connectivity index (χ3v) is 7.31. The molecule has 126 valence electrons. The van der Waals surface area contributed by atoms with E-state index in [9.17, 15) is 0 Å². The lowest BCUT2D eigenvalue weighted by Gasteiger charge is -2.27. The summed E-state index contributed by atoms with van der Waals surface area (Å²) in [6.07, 6.45) is 4.03. The Morgan fingerprint density at radius 3 is 2.48 bits per heavy atom. The number of hydrogen-bond acceptors (Lipinski definition) is 2. The first-order chi connectivity index (χ1) is 11.1. The summed E-state index contributed by atoms with van der Waals surface area (Å²) >= 11 is 0. The van der Waals surface area contributed by atoms with Crippen LogP contribution in [0.5, 0.6) is 0 Å². The Bertz CT molecular complexity index is 541. The quantitative estimate of drug-likeness (QED) is 0.740. The van der Waals surface area contributed by atoms with Gasteiger partial charge >= 0.3 is 0 Å². The molecule has 3 heteroatoms. The molecule has 1 unspecified atom stereocenters. The van der Waals surface area contributed by atoms with Crippen LogP contribution >= 0.6 is 0 Å². The first-order valence-electron chi connectivity index (χ1n) is 9.15. The molecule has 0 aromatic heterocycles. The zero-order valence-corrected chi connectivity index (χ0v) is 16.0. The molecule has 0 saturated carbocycles. The summed E-state index contributed by atoms with van der Waals surface area (Å²) in [7, 11) is -1.41. The van der Waals surface area contributed by atoms with E-state index < -0.39 is 8.07 Å². The molecule has 1 aromatic rings. The van der Waals surface area contributed by atoms with Crippen molar-refractivity contribution in [3.8, 4) is 0 Å². The van der Waals surface area contributed by atoms with E-state index in [1.807, 2.05) is 0 Å². The Morgan fingerprint density at radius 1 is 1.13 bits per heavy atom. The normalized spacial score (nSPS) is 25.1. The van der Waals surface area contributed by atoms with Crippen LogP contribution in [0.3, 0.4) is 0 Å². The molecular formula is C20H31NOSi. The van der Waals surface area contributed by atoms with Crippen LogP contribution in [0.1, 0.15) is 24.8 Å². The molecule has 2 heterocycles. The smallest absolute Gasteiger partial charge is 0.0784 e. The summed E-state index contributed by atoms with van der Waals surface area (Å²) in [5.74, 6) is 0.623. The molecule has 0 amide bonds. The second-order valence-corrected chi connectivity index (χ2v) is 13.1. The van der Waals surface area contributed by atoms with Gasteiger partial charge in [-0.05, 0) is 50.0 Å². The standard InChI is InChI=1S/C20H31NOSi/c1-23(2,3)20(17-9-5-4-6-10-17)19-16-22-15-18(19)11-14-21-12-7-8-13-21/h4-6,9-10,18H,7-8,11-16H2,1-3H3/b20-19+. The molecule has 0 N–H and O–H groups in total. The first kappa shape index (κ1) is 16.9. The van der Waals surface area contributed by atoms with Gasteiger partial charge in [0.2, 0.25) is 0 Å². The van der Waals surface area contributed by atoms with Crippen LogP contribution < -0.4 is 0 Å². The number of rotatable bonds is 5. The maximum atomic E-state index is 5.93. The van der Waals surface area contributed by atoms with Crippen molar-refractivity contribution in [3.05, 3.63) is 41.5 Å². The molecule has 0 bridgehead atoms. The zero-order chi connectivity index (χ0) is 16.3. The van der Waals surface area contributed by atoms with Crippen molar-refractivity contribution in [1.82, 2.24) is 4.90 Å². The number of nitrogens with zero attached hydrogens (tertiary/aromatic N) is 1. The van der Waals surface area contributed by atoms with E-state index in [-0.39, 0.29) is 0 Å². The molecule has 1 atom stereocenters. The van der Waals surface area contributed by atoms with Gasteiger partial charge in [-0.2, -0.15) is 0 Å². The minimum Gasteiger partial charge on any atom is -0.376 e. The average molecular weight is 330 g/mol. The molecular weight excluding hydrogens is 298 g/mol. The molecule has 0 spiro atoms. The maximum absolute atomic E-state index is 5.93. The minimum absolute atomic E-state index is 0.623. The van der Waals surface area contributed by atoms with Gasteiger partial charge in [0.25, 0.3) is 0 Å². The highest BCUT2D eigenvalue weighted by molar-refractivity contribution is 6.93. The van der Waals surface area contributed by atoms with Crippen molar-refractivity contribution in [1.29, 1.82) is 0 Å². The molecule has 23 heavy (non-hydrogen) atoms. The number of hydrogen-bond donors (Lipinski definition) is 0. The van der Waals surface area contributed by atoms with Gasteiger partial charge in [-0.25, -0.2) is 0 Å². The fourth-order valence-corrected chi connectivity index (χ4v) is 6.39. The number of ether oxygens (including phenoxy) is 1. The monoisotopic (exact) mass is 329 g/mol. The Hall–Kier alpha value is -0.903. The fourth-order valence-electron chi connectivity index (χ4n) is 4.11. The molecule has 2 aliphatic rings. The number of likely N-dealkylation sites (tertiary alicyclic amines) is 1. The van der Waals surface area contributed by atoms with Crippen molar-refractivity contribution in [3.63, 3.8) is 0 Å². The maximum Gasteiger partial charge on any atom is 0.0784 e. The largest absolute Gasteiger partial charge is 0.376 e. The number of benzene rings is 1. The molecule has 3 rings (SSSR count). The van der Waals surface area contributed by atoms with Crippen molar-refractivity contribution in [2.45, 2.75) is 38.9 Å². The van der Waals surface area contributed by atoms with Crippen LogP contribution in [-0.2, 0) is 4.74 Å². The summed E-state index contributed by atoms with van der Waals surface area (Å²) < 4.78 is 5.93. The van der Waals surface area contributed by atoms with Crippen LogP contribution in [-0.4, -0.2) is 45.8 Å². The zero-order valence-electron chi connectivity index (χ0n) is 15.0. The van der Waals surface area contributed by atoms with Crippen molar-refractivity contribution < 1.29 is 4.74 Å². The van der Waals surface area contributed by atoms with Gasteiger partial charge in [0.05, 0.1) is 21.3 Å². The topological polar surface area (TPSA) is 12.5 Å². The summed E-state index contributed by atoms with van der Waals surface area (Å²) in [5, 5.41) is 1.64. The molecule has 2 aliphatic heterocycles. The third-order valence-electron chi connectivity index (χ3n) is 5.20. The van der Waals surface area contributed by atoms with E-state index in [0.717, 1.165) is 13.2 Å². The predicted molar refractivity (Wildman–Crippen MR) is 101 cm³/mol. The fraction of sp³-hybridized carbons (Fsp3) is 0.600. The Labute approximate surface area is 142 Å². The summed E-state index contributed by atoms with van der Waals surface area (Å²) in [6, 6.07) is 11.0. The van der Waals surface area contributed by atoms with Crippen LogP contribution in [0, 0.1) is 5.92 Å². The van der Waals surface area contributed by atoms with Crippen LogP contribution in [0.25, 0.3) is 5.20 Å². The SMILES string of the molecule is C[Si](C)(C)/C(=C1\COCC1CCN1CCCC1)c1ccccc1. The summed E-state index contributed by atoms with van der Waals surface area (Å²) in [6.45, 7) is 13.0. The molecule has 2 fully saturated rings. The third kappa shape index (κ3) is 4.14. The second-order valence-electron chi connectivity index (χ2n) is 8.07. The van der Waals surface area contributed by atoms with E-state index in [0.29, 0.717) is 5.92 Å². The Balaban J connectivity index is 1.84. The van der Waals surface area contributed by atoms with Gasteiger partial charge in [-0.15, -0.1) is 0 Å². The van der Waals surface area contributed by atoms with E-state index in [1.165, 1.54) is 44.5 Å². The highest BCUT2D eigenvalue weighted by Gasteiger charge is 2.32. The van der Waals surface area contributed by atoms with Crippen LogP contribution in [0.2, 0.25) is 19.6 Å². The molecule has 0 aliphatic carbocycles. The Morgan fingerprint density at radius 2 is 1.83 bits per heavy atom. The van der Waals surface area contributed by atoms with Crippen LogP contribution in [0.15, 0.2) is 35.9 Å². The van der Waals surface area contributed by atoms with Crippen LogP contribution in [0.4, 0.5) is 0 Å². The molecule has 2 nitrogen and oxygen atoms in total. The van der Waals surface area contributed by atoms with Gasteiger partial charge in [-0.3, -0.25) is 0 Å². The molecule has 1 aromatic carbocycles. The van der Waals surface area contributed by atoms with E-state index in [2.05, 4.69) is 54.9 Å². The Kier molecular flexibility index (Phi) is 5.40. The molecule has 2 saturated heterocycles. The van der Waals surface area contributed by atoms with Gasteiger partial charge in [-0.1, -0.05) is 55.2 Å². The predicted octanol–water partition coefficient (Wildman–Crippen LogP) is 4.45. The van der Waals surface area contributed by atoms with Gasteiger partial charge in [0, 0.05) is 5.92 Å². The average Bonchev–Trinajstić information content (AvgIpc) is 3.16. The van der Waals surface area contributed by atoms with Crippen molar-refractivity contribution >= 4 is 13.3 Å². The van der Waals surface area contributed by atoms with Crippen molar-refractivity contribution in [2.24, 2.45) is 5.92 Å². The minimum atomic E-state index is -1.41. The lowest BCUT2D eigenvalue weighted by molar-refractivity contribution is 0.181. The van der Waals surface area contributed by atoms with Gasteiger partial charge in [0.1, 0.15) is 0 Å². The first-order valence-corrected chi connectivity index (χ1v) is 12.6. The summed E-state index contributed by atoms with van der Waals surface area (Å²) in [4.78, 5) is 2.63. The lowest BCUT2D eigenvalue weighted by atomic mass is 9.96. The van der Waals surface area contributed by atoms with E-state index >= 15 is 0 Å². The molecule has 0 radical (unpaired) electrons. The summed E-state index contributed by atoms with van der Waals surface area (Å²) in [5.41, 5.74) is 3.04. The second kappa shape index (κ2) is 7.33. The van der Waals surface area contributed by atoms with E-state index in [4.69, 9.17) is 4.74 Å².